The Morgan fingerprint density at radius 3 is 2.82 bits per heavy atom. The number of rotatable bonds is 5. The molecule has 1 aromatic rings. The summed E-state index contributed by atoms with van der Waals surface area (Å²) in [7, 11) is 3.89. The number of nitrogen functional groups attached to an aromatic ring is 1. The Morgan fingerprint density at radius 1 is 1.53 bits per heavy atom. The number of nitrogens with zero attached hydrogens (tertiary/aromatic N) is 3. The number of hydrogen-bond donors (Lipinski definition) is 3. The molecule has 0 fully saturated rings. The number of anilines is 1. The van der Waals surface area contributed by atoms with Crippen molar-refractivity contribution in [3.63, 3.8) is 0 Å². The van der Waals surface area contributed by atoms with E-state index in [0.29, 0.717) is 5.82 Å². The van der Waals surface area contributed by atoms with Gasteiger partial charge in [0.1, 0.15) is 5.69 Å². The van der Waals surface area contributed by atoms with E-state index in [1.165, 1.54) is 12.4 Å². The van der Waals surface area contributed by atoms with Crippen LogP contribution in [0.15, 0.2) is 12.4 Å². The molecular formula is C10H18N6O. The molecule has 17 heavy (non-hydrogen) atoms. The molecule has 1 heterocycles. The van der Waals surface area contributed by atoms with Gasteiger partial charge < -0.3 is 15.6 Å². The van der Waals surface area contributed by atoms with Gasteiger partial charge in [-0.05, 0) is 21.0 Å². The smallest absolute Gasteiger partial charge is 0.271 e. The molecule has 7 heteroatoms. The Morgan fingerprint density at radius 2 is 2.24 bits per heavy atom. The molecule has 0 bridgehead atoms. The molecule has 4 N–H and O–H groups in total. The molecule has 0 radical (unpaired) electrons. The molecule has 1 unspecified atom stereocenters. The molecule has 1 amide bonds. The number of nitrogens with two attached hydrogens (primary N) is 1. The summed E-state index contributed by atoms with van der Waals surface area (Å²) >= 11 is 0. The predicted octanol–water partition coefficient (Wildman–Crippen LogP) is -0.558. The maximum Gasteiger partial charge on any atom is 0.271 e. The first-order chi connectivity index (χ1) is 8.02. The van der Waals surface area contributed by atoms with Gasteiger partial charge in [0.15, 0.2) is 5.82 Å². The van der Waals surface area contributed by atoms with E-state index >= 15 is 0 Å². The van der Waals surface area contributed by atoms with Crippen LogP contribution in [0.3, 0.4) is 0 Å². The maximum absolute atomic E-state index is 11.8. The zero-order chi connectivity index (χ0) is 12.8. The minimum atomic E-state index is -0.260. The van der Waals surface area contributed by atoms with E-state index in [0.717, 1.165) is 6.54 Å². The fourth-order valence-electron chi connectivity index (χ4n) is 1.44. The van der Waals surface area contributed by atoms with Gasteiger partial charge in [0.25, 0.3) is 5.91 Å². The molecule has 1 aromatic heterocycles. The average Bonchev–Trinajstić information content (AvgIpc) is 2.27. The van der Waals surface area contributed by atoms with Crippen molar-refractivity contribution in [3.05, 3.63) is 18.1 Å². The molecule has 0 aromatic carbocycles. The summed E-state index contributed by atoms with van der Waals surface area (Å²) in [4.78, 5) is 21.7. The van der Waals surface area contributed by atoms with Crippen molar-refractivity contribution >= 4 is 11.7 Å². The zero-order valence-corrected chi connectivity index (χ0v) is 10.3. The second-order valence-corrected chi connectivity index (χ2v) is 4.07. The van der Waals surface area contributed by atoms with Gasteiger partial charge in [-0.1, -0.05) is 0 Å². The van der Waals surface area contributed by atoms with E-state index in [-0.39, 0.29) is 17.6 Å². The van der Waals surface area contributed by atoms with Crippen LogP contribution in [-0.2, 0) is 0 Å². The Bertz CT molecular complexity index is 381. The molecule has 0 aliphatic carbocycles. The lowest BCUT2D eigenvalue weighted by Gasteiger charge is -2.17. The van der Waals surface area contributed by atoms with Gasteiger partial charge in [-0.2, -0.15) is 0 Å². The van der Waals surface area contributed by atoms with Crippen molar-refractivity contribution < 1.29 is 4.79 Å². The molecule has 0 saturated heterocycles. The minimum absolute atomic E-state index is 0.0359. The highest BCUT2D eigenvalue weighted by Gasteiger charge is 2.12. The molecule has 0 aliphatic rings. The van der Waals surface area contributed by atoms with Crippen molar-refractivity contribution in [2.75, 3.05) is 26.1 Å². The van der Waals surface area contributed by atoms with Crippen LogP contribution < -0.4 is 16.6 Å². The number of aromatic nitrogens is 2. The summed E-state index contributed by atoms with van der Waals surface area (Å²) in [6.45, 7) is 2.68. The van der Waals surface area contributed by atoms with Crippen LogP contribution in [0.1, 0.15) is 17.4 Å². The average molecular weight is 238 g/mol. The van der Waals surface area contributed by atoms with Crippen molar-refractivity contribution in [3.8, 4) is 0 Å². The Kier molecular flexibility index (Phi) is 4.80. The number of nitrogens with one attached hydrogen (secondary N) is 2. The van der Waals surface area contributed by atoms with Crippen LogP contribution in [0, 0.1) is 0 Å². The largest absolute Gasteiger partial charge is 0.347 e. The molecule has 0 spiro atoms. The fraction of sp³-hybridized carbons (Fsp3) is 0.500. The highest BCUT2D eigenvalue weighted by molar-refractivity contribution is 5.92. The number of hydrogen-bond acceptors (Lipinski definition) is 6. The van der Waals surface area contributed by atoms with Crippen LogP contribution >= 0.6 is 0 Å². The third-order valence-corrected chi connectivity index (χ3v) is 2.03. The van der Waals surface area contributed by atoms with E-state index in [1.54, 1.807) is 0 Å². The van der Waals surface area contributed by atoms with Gasteiger partial charge in [-0.3, -0.25) is 9.78 Å². The number of carbonyl (C=O) groups excluding carboxylic acids is 1. The summed E-state index contributed by atoms with van der Waals surface area (Å²) in [6.07, 6.45) is 2.85. The predicted molar refractivity (Wildman–Crippen MR) is 65.3 cm³/mol. The van der Waals surface area contributed by atoms with Crippen LogP contribution in [-0.4, -0.2) is 47.5 Å². The van der Waals surface area contributed by atoms with Gasteiger partial charge >= 0.3 is 0 Å². The third-order valence-electron chi connectivity index (χ3n) is 2.03. The lowest BCUT2D eigenvalue weighted by Crippen LogP contribution is -2.39. The van der Waals surface area contributed by atoms with E-state index in [2.05, 4.69) is 20.7 Å². The first-order valence-electron chi connectivity index (χ1n) is 5.27. The summed E-state index contributed by atoms with van der Waals surface area (Å²) in [5.41, 5.74) is 2.59. The van der Waals surface area contributed by atoms with Gasteiger partial charge in [0.2, 0.25) is 0 Å². The van der Waals surface area contributed by atoms with Gasteiger partial charge in [0.05, 0.1) is 12.4 Å². The Balaban J connectivity index is 2.63. The van der Waals surface area contributed by atoms with Crippen molar-refractivity contribution in [2.45, 2.75) is 13.0 Å². The van der Waals surface area contributed by atoms with E-state index in [4.69, 9.17) is 5.84 Å². The minimum Gasteiger partial charge on any atom is -0.347 e. The van der Waals surface area contributed by atoms with Crippen LogP contribution in [0.5, 0.6) is 0 Å². The lowest BCUT2D eigenvalue weighted by atomic mass is 10.3. The number of amides is 1. The molecule has 1 rings (SSSR count). The van der Waals surface area contributed by atoms with E-state index in [1.807, 2.05) is 25.9 Å². The van der Waals surface area contributed by atoms with Gasteiger partial charge in [-0.15, -0.1) is 0 Å². The molecule has 1 atom stereocenters. The standard InChI is InChI=1S/C10H18N6O/c1-7(6-16(2)3)13-10(17)8-4-12-5-9(14-8)15-11/h4-5,7H,6,11H2,1-3H3,(H,13,17)(H,14,15). The number of carbonyl (C=O) groups is 1. The van der Waals surface area contributed by atoms with Gasteiger partial charge in [0, 0.05) is 12.6 Å². The molecule has 0 saturated carbocycles. The second-order valence-electron chi connectivity index (χ2n) is 4.07. The van der Waals surface area contributed by atoms with Crippen molar-refractivity contribution in [1.82, 2.24) is 20.2 Å². The Labute approximate surface area is 100 Å². The van der Waals surface area contributed by atoms with Crippen LogP contribution in [0.25, 0.3) is 0 Å². The van der Waals surface area contributed by atoms with E-state index in [9.17, 15) is 4.79 Å². The normalized spacial score (nSPS) is 12.3. The summed E-state index contributed by atoms with van der Waals surface area (Å²) in [5.74, 6) is 5.29. The first-order valence-corrected chi connectivity index (χ1v) is 5.27. The number of hydrazine groups is 1. The molecule has 0 aliphatic heterocycles. The Hall–Kier alpha value is -1.73. The summed E-state index contributed by atoms with van der Waals surface area (Å²) in [6, 6.07) is 0.0359. The van der Waals surface area contributed by atoms with E-state index < -0.39 is 0 Å². The van der Waals surface area contributed by atoms with Gasteiger partial charge in [-0.25, -0.2) is 10.8 Å². The third kappa shape index (κ3) is 4.33. The summed E-state index contributed by atoms with van der Waals surface area (Å²) < 4.78 is 0. The van der Waals surface area contributed by atoms with Crippen molar-refractivity contribution in [1.29, 1.82) is 0 Å². The fourth-order valence-corrected chi connectivity index (χ4v) is 1.44. The maximum atomic E-state index is 11.8. The topological polar surface area (TPSA) is 96.2 Å². The number of likely N-dealkylation sites (N-methyl/N-ethyl adjacent to an activating group) is 1. The SMILES string of the molecule is CC(CN(C)C)NC(=O)c1cncc(NN)n1. The highest BCUT2D eigenvalue weighted by Crippen LogP contribution is 2.00. The van der Waals surface area contributed by atoms with Crippen LogP contribution in [0.4, 0.5) is 5.82 Å². The highest BCUT2D eigenvalue weighted by atomic mass is 16.1. The van der Waals surface area contributed by atoms with Crippen LogP contribution in [0.2, 0.25) is 0 Å². The zero-order valence-electron chi connectivity index (χ0n) is 10.3. The monoisotopic (exact) mass is 238 g/mol. The lowest BCUT2D eigenvalue weighted by molar-refractivity contribution is 0.0929. The molecule has 7 nitrogen and oxygen atoms in total. The quantitative estimate of drug-likeness (QED) is 0.470. The first kappa shape index (κ1) is 13.3. The van der Waals surface area contributed by atoms with Crippen molar-refractivity contribution in [2.24, 2.45) is 5.84 Å². The molecular weight excluding hydrogens is 220 g/mol. The summed E-state index contributed by atoms with van der Waals surface area (Å²) in [5, 5.41) is 2.83. The molecule has 94 valence electrons. The second kappa shape index (κ2) is 6.12.